The molecule has 7 heteroatoms. The van der Waals surface area contributed by atoms with E-state index < -0.39 is 29.9 Å². The number of ketones is 1. The van der Waals surface area contributed by atoms with Gasteiger partial charge in [0.05, 0.1) is 18.1 Å². The smallest absolute Gasteiger partial charge is 0.310 e. The first-order valence-electron chi connectivity index (χ1n) is 11.5. The first-order chi connectivity index (χ1) is 15.3. The predicted octanol–water partition coefficient (Wildman–Crippen LogP) is 4.71. The first kappa shape index (κ1) is 26.6. The van der Waals surface area contributed by atoms with Crippen molar-refractivity contribution < 1.29 is 29.3 Å². The zero-order chi connectivity index (χ0) is 23.5. The second-order valence-electron chi connectivity index (χ2n) is 8.52. The highest BCUT2D eigenvalue weighted by Crippen LogP contribution is 2.36. The number of thioether (sulfide) groups is 1. The molecular formula is C25H35FO5S. The fourth-order valence-corrected chi connectivity index (χ4v) is 5.53. The van der Waals surface area contributed by atoms with E-state index in [0.717, 1.165) is 25.7 Å². The van der Waals surface area contributed by atoms with Gasteiger partial charge >= 0.3 is 5.97 Å². The van der Waals surface area contributed by atoms with Crippen molar-refractivity contribution >= 4 is 23.5 Å². The van der Waals surface area contributed by atoms with Gasteiger partial charge in [-0.15, -0.1) is 0 Å². The number of aliphatic hydroxyl groups is 2. The van der Waals surface area contributed by atoms with Gasteiger partial charge in [-0.05, 0) is 43.4 Å². The van der Waals surface area contributed by atoms with Gasteiger partial charge in [0.15, 0.2) is 0 Å². The van der Waals surface area contributed by atoms with Crippen LogP contribution < -0.4 is 0 Å². The van der Waals surface area contributed by atoms with Crippen molar-refractivity contribution in [3.05, 3.63) is 47.8 Å². The maximum Gasteiger partial charge on any atom is 0.310 e. The molecule has 1 aliphatic rings. The summed E-state index contributed by atoms with van der Waals surface area (Å²) in [5.41, 5.74) is 0.565. The average molecular weight is 467 g/mol. The Labute approximate surface area is 194 Å². The van der Waals surface area contributed by atoms with Crippen LogP contribution in [0.5, 0.6) is 0 Å². The molecule has 1 fully saturated rings. The van der Waals surface area contributed by atoms with Crippen LogP contribution in [0.25, 0.3) is 0 Å². The van der Waals surface area contributed by atoms with Gasteiger partial charge in [-0.2, -0.15) is 11.8 Å². The number of hydrogen-bond acceptors (Lipinski definition) is 5. The van der Waals surface area contributed by atoms with Crippen LogP contribution in [0.15, 0.2) is 36.4 Å². The number of halogens is 1. The van der Waals surface area contributed by atoms with Crippen molar-refractivity contribution in [1.82, 2.24) is 0 Å². The maximum atomic E-state index is 13.1. The third kappa shape index (κ3) is 8.34. The molecule has 1 aromatic carbocycles. The molecule has 0 aliphatic heterocycles. The Kier molecular flexibility index (Phi) is 11.4. The lowest BCUT2D eigenvalue weighted by atomic mass is 9.94. The second kappa shape index (κ2) is 13.8. The summed E-state index contributed by atoms with van der Waals surface area (Å²) in [7, 11) is 0. The fourth-order valence-electron chi connectivity index (χ4n) is 4.10. The molecule has 0 bridgehead atoms. The Hall–Kier alpha value is -1.70. The summed E-state index contributed by atoms with van der Waals surface area (Å²) in [4.78, 5) is 23.9. The Morgan fingerprint density at radius 3 is 2.59 bits per heavy atom. The molecule has 0 radical (unpaired) electrons. The Morgan fingerprint density at radius 2 is 1.94 bits per heavy atom. The van der Waals surface area contributed by atoms with Crippen LogP contribution in [-0.4, -0.2) is 50.3 Å². The monoisotopic (exact) mass is 466 g/mol. The van der Waals surface area contributed by atoms with Crippen molar-refractivity contribution in [3.63, 3.8) is 0 Å². The van der Waals surface area contributed by atoms with Crippen molar-refractivity contribution in [2.75, 3.05) is 5.75 Å². The van der Waals surface area contributed by atoms with Crippen LogP contribution in [0.3, 0.4) is 0 Å². The van der Waals surface area contributed by atoms with Gasteiger partial charge < -0.3 is 15.3 Å². The molecule has 1 aliphatic carbocycles. The number of hydrogen-bond donors (Lipinski definition) is 3. The highest BCUT2D eigenvalue weighted by Gasteiger charge is 2.41. The number of rotatable bonds is 14. The van der Waals surface area contributed by atoms with Gasteiger partial charge in [0.2, 0.25) is 0 Å². The van der Waals surface area contributed by atoms with Crippen LogP contribution in [0.2, 0.25) is 0 Å². The number of aliphatic hydroxyl groups excluding tert-OH is 2. The van der Waals surface area contributed by atoms with Crippen LogP contribution in [0.1, 0.15) is 69.8 Å². The molecule has 0 heterocycles. The number of carbonyl (C=O) groups is 2. The lowest BCUT2D eigenvalue weighted by Gasteiger charge is -2.21. The summed E-state index contributed by atoms with van der Waals surface area (Å²) in [5.74, 6) is -1.81. The minimum absolute atomic E-state index is 0.0369. The van der Waals surface area contributed by atoms with Gasteiger partial charge in [0.1, 0.15) is 11.6 Å². The van der Waals surface area contributed by atoms with Gasteiger partial charge in [-0.1, -0.05) is 50.5 Å². The lowest BCUT2D eigenvalue weighted by molar-refractivity contribution is -0.139. The molecular weight excluding hydrogens is 431 g/mol. The number of Topliss-reactive ketones (excluding diaryl/α,β-unsaturated/α-hetero) is 1. The minimum Gasteiger partial charge on any atom is -0.481 e. The Bertz CT molecular complexity index is 751. The molecule has 1 saturated carbocycles. The number of benzene rings is 1. The number of aliphatic carboxylic acids is 1. The van der Waals surface area contributed by atoms with Gasteiger partial charge in [-0.3, -0.25) is 9.59 Å². The van der Waals surface area contributed by atoms with Gasteiger partial charge in [0, 0.05) is 23.3 Å². The molecule has 5 atom stereocenters. The molecule has 3 unspecified atom stereocenters. The van der Waals surface area contributed by atoms with Crippen molar-refractivity contribution in [3.8, 4) is 0 Å². The molecule has 2 rings (SSSR count). The standard InChI is InChI=1S/C25H35FO5S/c1-2-3-5-8-19(27)16-32-24-21(22(28)15-23(24)29)10-7-4-6-9-20(25(30)31)17-11-13-18(26)14-12-17/h4,7,11-14,19-21,23-24,27,29H,2-3,5-6,8-10,15-16H2,1H3,(H,30,31)/t19?,20?,21-,23?,24+/m0/s1. The highest BCUT2D eigenvalue weighted by molar-refractivity contribution is 8.00. The number of carboxylic acids is 1. The third-order valence-electron chi connectivity index (χ3n) is 5.97. The van der Waals surface area contributed by atoms with E-state index in [1.807, 2.05) is 12.2 Å². The van der Waals surface area contributed by atoms with E-state index in [1.54, 1.807) is 0 Å². The van der Waals surface area contributed by atoms with Gasteiger partial charge in [-0.25, -0.2) is 4.39 Å². The normalized spacial score (nSPS) is 23.0. The number of carbonyl (C=O) groups excluding carboxylic acids is 1. The number of allylic oxidation sites excluding steroid dienone is 2. The van der Waals surface area contributed by atoms with Crippen LogP contribution >= 0.6 is 11.8 Å². The summed E-state index contributed by atoms with van der Waals surface area (Å²) < 4.78 is 13.1. The summed E-state index contributed by atoms with van der Waals surface area (Å²) in [6.07, 6.45) is 8.08. The summed E-state index contributed by atoms with van der Waals surface area (Å²) in [6, 6.07) is 5.51. The fraction of sp³-hybridized carbons (Fsp3) is 0.600. The lowest BCUT2D eigenvalue weighted by Crippen LogP contribution is -2.25. The van der Waals surface area contributed by atoms with E-state index in [4.69, 9.17) is 0 Å². The van der Waals surface area contributed by atoms with E-state index >= 15 is 0 Å². The average Bonchev–Trinajstić information content (AvgIpc) is 3.02. The number of carboxylic acid groups (broad SMARTS) is 1. The molecule has 0 spiro atoms. The predicted molar refractivity (Wildman–Crippen MR) is 125 cm³/mol. The molecule has 178 valence electrons. The molecule has 5 nitrogen and oxygen atoms in total. The van der Waals surface area contributed by atoms with E-state index in [9.17, 15) is 29.3 Å². The largest absolute Gasteiger partial charge is 0.481 e. The zero-order valence-corrected chi connectivity index (χ0v) is 19.5. The summed E-state index contributed by atoms with van der Waals surface area (Å²) in [5, 5.41) is 29.7. The van der Waals surface area contributed by atoms with Crippen molar-refractivity contribution in [1.29, 1.82) is 0 Å². The molecule has 32 heavy (non-hydrogen) atoms. The van der Waals surface area contributed by atoms with E-state index in [2.05, 4.69) is 6.92 Å². The highest BCUT2D eigenvalue weighted by atomic mass is 32.2. The Morgan fingerprint density at radius 1 is 1.22 bits per heavy atom. The SMILES string of the molecule is CCCCCC(O)CS[C@H]1C(O)CC(=O)[C@@H]1CC=CCCC(C(=O)O)c1ccc(F)cc1. The summed E-state index contributed by atoms with van der Waals surface area (Å²) in [6.45, 7) is 2.12. The molecule has 0 aromatic heterocycles. The van der Waals surface area contributed by atoms with Crippen molar-refractivity contribution in [2.45, 2.75) is 81.7 Å². The van der Waals surface area contributed by atoms with E-state index in [-0.39, 0.29) is 23.4 Å². The zero-order valence-electron chi connectivity index (χ0n) is 18.7. The van der Waals surface area contributed by atoms with Crippen LogP contribution in [0, 0.1) is 11.7 Å². The van der Waals surface area contributed by atoms with Crippen LogP contribution in [0.4, 0.5) is 4.39 Å². The molecule has 1 aromatic rings. The maximum absolute atomic E-state index is 13.1. The van der Waals surface area contributed by atoms with Crippen LogP contribution in [-0.2, 0) is 9.59 Å². The molecule has 0 saturated heterocycles. The second-order valence-corrected chi connectivity index (χ2v) is 9.73. The minimum atomic E-state index is -0.951. The van der Waals surface area contributed by atoms with Crippen molar-refractivity contribution in [2.24, 2.45) is 5.92 Å². The topological polar surface area (TPSA) is 94.8 Å². The van der Waals surface area contributed by atoms with Gasteiger partial charge in [0.25, 0.3) is 0 Å². The van der Waals surface area contributed by atoms with E-state index in [1.165, 1.54) is 36.0 Å². The molecule has 0 amide bonds. The molecule has 3 N–H and O–H groups in total. The quantitative estimate of drug-likeness (QED) is 0.271. The summed E-state index contributed by atoms with van der Waals surface area (Å²) >= 11 is 1.48. The van der Waals surface area contributed by atoms with E-state index in [0.29, 0.717) is 30.6 Å². The Balaban J connectivity index is 1.83. The number of unbranched alkanes of at least 4 members (excludes halogenated alkanes) is 2. The first-order valence-corrected chi connectivity index (χ1v) is 12.5. The third-order valence-corrected chi connectivity index (χ3v) is 7.58.